The average molecular weight is 284 g/mol. The highest BCUT2D eigenvalue weighted by Gasteiger charge is 2.19. The summed E-state index contributed by atoms with van der Waals surface area (Å²) in [6, 6.07) is 0. The molecule has 0 fully saturated rings. The Bertz CT molecular complexity index is 466. The molecule has 1 rings (SSSR count). The topological polar surface area (TPSA) is 107 Å². The third-order valence-corrected chi connectivity index (χ3v) is 3.44. The third kappa shape index (κ3) is 3.61. The van der Waals surface area contributed by atoms with E-state index in [-0.39, 0.29) is 30.9 Å². The lowest BCUT2D eigenvalue weighted by atomic mass is 9.92. The molecule has 6 heteroatoms. The van der Waals surface area contributed by atoms with Gasteiger partial charge >= 0.3 is 5.97 Å². The van der Waals surface area contributed by atoms with E-state index in [1.165, 1.54) is 0 Å². The van der Waals surface area contributed by atoms with Crippen LogP contribution in [-0.2, 0) is 22.5 Å². The van der Waals surface area contributed by atoms with Crippen molar-refractivity contribution in [3.63, 3.8) is 0 Å². The van der Waals surface area contributed by atoms with Gasteiger partial charge in [-0.05, 0) is 44.2 Å². The number of benzene rings is 1. The molecule has 0 saturated heterocycles. The molecule has 0 radical (unpaired) electrons. The molecule has 0 unspecified atom stereocenters. The Kier molecular flexibility index (Phi) is 5.79. The molecular formula is C14H20O6. The molecule has 1 aromatic rings. The fourth-order valence-electron chi connectivity index (χ4n) is 2.25. The predicted molar refractivity (Wildman–Crippen MR) is 72.1 cm³/mol. The van der Waals surface area contributed by atoms with E-state index < -0.39 is 5.97 Å². The number of hydrogen-bond donors (Lipinski definition) is 4. The first-order chi connectivity index (χ1) is 9.40. The number of hydrogen-bond acceptors (Lipinski definition) is 5. The number of carboxylic acids is 1. The second-order valence-corrected chi connectivity index (χ2v) is 4.73. The van der Waals surface area contributed by atoms with Crippen LogP contribution in [0.15, 0.2) is 0 Å². The van der Waals surface area contributed by atoms with Gasteiger partial charge in [-0.15, -0.1) is 0 Å². The maximum atomic E-state index is 10.6. The number of aromatic hydroxyl groups is 2. The lowest BCUT2D eigenvalue weighted by Gasteiger charge is -2.17. The van der Waals surface area contributed by atoms with Gasteiger partial charge in [0.25, 0.3) is 0 Å². The van der Waals surface area contributed by atoms with Gasteiger partial charge in [-0.3, -0.25) is 10.1 Å². The molecule has 0 aliphatic rings. The Hall–Kier alpha value is -1.79. The number of carbonyl (C=O) groups is 1. The molecule has 0 bridgehead atoms. The second kappa shape index (κ2) is 7.12. The van der Waals surface area contributed by atoms with Gasteiger partial charge in [0.2, 0.25) is 0 Å². The van der Waals surface area contributed by atoms with E-state index in [0.717, 1.165) is 0 Å². The van der Waals surface area contributed by atoms with Crippen LogP contribution >= 0.6 is 0 Å². The number of phenolic OH excluding ortho intramolecular Hbond substituents is 2. The van der Waals surface area contributed by atoms with Crippen LogP contribution in [0.2, 0.25) is 0 Å². The van der Waals surface area contributed by atoms with E-state index in [0.29, 0.717) is 35.1 Å². The highest BCUT2D eigenvalue weighted by molar-refractivity contribution is 5.68. The smallest absolute Gasteiger partial charge is 0.303 e. The summed E-state index contributed by atoms with van der Waals surface area (Å²) >= 11 is 0. The molecule has 0 aliphatic heterocycles. The lowest BCUT2D eigenvalue weighted by Crippen LogP contribution is -2.04. The molecule has 0 saturated carbocycles. The first-order valence-electron chi connectivity index (χ1n) is 6.41. The van der Waals surface area contributed by atoms with Crippen LogP contribution in [-0.4, -0.2) is 33.2 Å². The summed E-state index contributed by atoms with van der Waals surface area (Å²) in [6.45, 7) is 3.46. The summed E-state index contributed by atoms with van der Waals surface area (Å²) in [4.78, 5) is 14.6. The minimum atomic E-state index is -0.954. The average Bonchev–Trinajstić information content (AvgIpc) is 2.40. The SMILES string of the molecule is Cc1c(O)c(CCC(=O)O)c(C)c(O)c1CCCOO. The van der Waals surface area contributed by atoms with Crippen LogP contribution in [0.25, 0.3) is 0 Å². The van der Waals surface area contributed by atoms with Gasteiger partial charge in [-0.25, -0.2) is 4.89 Å². The minimum absolute atomic E-state index is 0.0291. The van der Waals surface area contributed by atoms with Gasteiger partial charge < -0.3 is 15.3 Å². The quantitative estimate of drug-likeness (QED) is 0.264. The maximum absolute atomic E-state index is 10.6. The first kappa shape index (κ1) is 16.3. The normalized spacial score (nSPS) is 10.8. The maximum Gasteiger partial charge on any atom is 0.303 e. The highest BCUT2D eigenvalue weighted by atomic mass is 17.1. The molecule has 0 spiro atoms. The summed E-state index contributed by atoms with van der Waals surface area (Å²) in [7, 11) is 0. The molecular weight excluding hydrogens is 264 g/mol. The van der Waals surface area contributed by atoms with Crippen LogP contribution < -0.4 is 0 Å². The molecule has 4 N–H and O–H groups in total. The van der Waals surface area contributed by atoms with E-state index in [1.807, 2.05) is 0 Å². The Labute approximate surface area is 117 Å². The van der Waals surface area contributed by atoms with Gasteiger partial charge in [0, 0.05) is 17.5 Å². The van der Waals surface area contributed by atoms with Crippen LogP contribution in [0.1, 0.15) is 35.1 Å². The Morgan fingerprint density at radius 2 is 1.55 bits per heavy atom. The summed E-state index contributed by atoms with van der Waals surface area (Å²) in [6.07, 6.45) is 1.01. The Morgan fingerprint density at radius 1 is 1.05 bits per heavy atom. The summed E-state index contributed by atoms with van der Waals surface area (Å²) < 4.78 is 0. The summed E-state index contributed by atoms with van der Waals surface area (Å²) in [5, 5.41) is 37.4. The first-order valence-corrected chi connectivity index (χ1v) is 6.41. The zero-order valence-corrected chi connectivity index (χ0v) is 11.6. The summed E-state index contributed by atoms with van der Waals surface area (Å²) in [5.41, 5.74) is 2.08. The molecule has 0 aromatic heterocycles. The van der Waals surface area contributed by atoms with Crippen molar-refractivity contribution in [2.24, 2.45) is 0 Å². The van der Waals surface area contributed by atoms with Crippen molar-refractivity contribution in [1.29, 1.82) is 0 Å². The molecule has 0 aliphatic carbocycles. The van der Waals surface area contributed by atoms with Crippen molar-refractivity contribution < 1.29 is 30.3 Å². The van der Waals surface area contributed by atoms with Gasteiger partial charge in [-0.1, -0.05) is 0 Å². The number of aliphatic carboxylic acids is 1. The van der Waals surface area contributed by atoms with Crippen LogP contribution in [0.4, 0.5) is 0 Å². The fraction of sp³-hybridized carbons (Fsp3) is 0.500. The van der Waals surface area contributed by atoms with Gasteiger partial charge in [0.1, 0.15) is 11.5 Å². The van der Waals surface area contributed by atoms with E-state index >= 15 is 0 Å². The molecule has 0 heterocycles. The van der Waals surface area contributed by atoms with Crippen LogP contribution in [0, 0.1) is 13.8 Å². The lowest BCUT2D eigenvalue weighted by molar-refractivity contribution is -0.242. The highest BCUT2D eigenvalue weighted by Crippen LogP contribution is 2.38. The Balaban J connectivity index is 3.09. The van der Waals surface area contributed by atoms with Crippen LogP contribution in [0.5, 0.6) is 11.5 Å². The predicted octanol–water partition coefficient (Wildman–Crippen LogP) is 2.15. The van der Waals surface area contributed by atoms with Crippen LogP contribution in [0.3, 0.4) is 0 Å². The molecule has 112 valence electrons. The van der Waals surface area contributed by atoms with Crippen molar-refractivity contribution in [1.82, 2.24) is 0 Å². The van der Waals surface area contributed by atoms with Crippen molar-refractivity contribution >= 4 is 5.97 Å². The molecule has 20 heavy (non-hydrogen) atoms. The van der Waals surface area contributed by atoms with E-state index in [1.54, 1.807) is 13.8 Å². The largest absolute Gasteiger partial charge is 0.507 e. The van der Waals surface area contributed by atoms with Crippen molar-refractivity contribution in [3.8, 4) is 11.5 Å². The van der Waals surface area contributed by atoms with Gasteiger partial charge in [-0.2, -0.15) is 0 Å². The summed E-state index contributed by atoms with van der Waals surface area (Å²) in [5.74, 6) is -0.856. The van der Waals surface area contributed by atoms with Gasteiger partial charge in [0.05, 0.1) is 6.61 Å². The zero-order valence-electron chi connectivity index (χ0n) is 11.6. The molecule has 6 nitrogen and oxygen atoms in total. The van der Waals surface area contributed by atoms with E-state index in [9.17, 15) is 15.0 Å². The van der Waals surface area contributed by atoms with Crippen molar-refractivity contribution in [2.45, 2.75) is 39.5 Å². The number of rotatable bonds is 7. The second-order valence-electron chi connectivity index (χ2n) is 4.73. The third-order valence-electron chi connectivity index (χ3n) is 3.44. The standard InChI is InChI=1S/C14H20O6/c1-8-10(4-3-7-20-19)13(17)9(2)11(14(8)18)5-6-12(15)16/h17-19H,3-7H2,1-2H3,(H,15,16). The number of carboxylic acid groups (broad SMARTS) is 1. The molecule has 1 aromatic carbocycles. The van der Waals surface area contributed by atoms with Crippen molar-refractivity contribution in [2.75, 3.05) is 6.61 Å². The fourth-order valence-corrected chi connectivity index (χ4v) is 2.25. The van der Waals surface area contributed by atoms with E-state index in [4.69, 9.17) is 10.4 Å². The zero-order chi connectivity index (χ0) is 15.3. The minimum Gasteiger partial charge on any atom is -0.507 e. The number of phenols is 2. The monoisotopic (exact) mass is 284 g/mol. The molecule has 0 amide bonds. The molecule has 0 atom stereocenters. The van der Waals surface area contributed by atoms with E-state index in [2.05, 4.69) is 4.89 Å². The Morgan fingerprint density at radius 3 is 2.00 bits per heavy atom. The van der Waals surface area contributed by atoms with Crippen molar-refractivity contribution in [3.05, 3.63) is 22.3 Å². The van der Waals surface area contributed by atoms with Gasteiger partial charge in [0.15, 0.2) is 0 Å².